The monoisotopic (exact) mass is 288 g/mol. The lowest BCUT2D eigenvalue weighted by atomic mass is 9.95. The van der Waals surface area contributed by atoms with Gasteiger partial charge in [0.15, 0.2) is 0 Å². The zero-order valence-corrected chi connectivity index (χ0v) is 13.0. The van der Waals surface area contributed by atoms with Crippen molar-refractivity contribution in [3.8, 4) is 11.8 Å². The Kier molecular flexibility index (Phi) is 5.60. The average Bonchev–Trinajstić information content (AvgIpc) is 2.52. The van der Waals surface area contributed by atoms with E-state index in [9.17, 15) is 0 Å². The maximum atomic E-state index is 8.85. The third-order valence-electron chi connectivity index (χ3n) is 4.08. The van der Waals surface area contributed by atoms with Gasteiger partial charge in [-0.05, 0) is 50.9 Å². The molecule has 4 heteroatoms. The van der Waals surface area contributed by atoms with Gasteiger partial charge in [0.2, 0.25) is 0 Å². The zero-order valence-electron chi connectivity index (χ0n) is 13.0. The third kappa shape index (κ3) is 4.73. The molecule has 114 valence electrons. The van der Waals surface area contributed by atoms with E-state index in [1.807, 2.05) is 12.1 Å². The predicted molar refractivity (Wildman–Crippen MR) is 82.4 cm³/mol. The molecule has 1 aliphatic heterocycles. The fraction of sp³-hybridized carbons (Fsp3) is 0.588. The van der Waals surface area contributed by atoms with E-state index in [1.165, 1.54) is 6.42 Å². The lowest BCUT2D eigenvalue weighted by molar-refractivity contribution is -0.0512. The molecule has 0 aliphatic carbocycles. The molecule has 0 radical (unpaired) electrons. The number of ether oxygens (including phenoxy) is 2. The molecular weight excluding hydrogens is 264 g/mol. The van der Waals surface area contributed by atoms with Crippen LogP contribution < -0.4 is 4.74 Å². The highest BCUT2D eigenvalue weighted by atomic mass is 16.5. The van der Waals surface area contributed by atoms with Gasteiger partial charge in [0.1, 0.15) is 5.75 Å². The van der Waals surface area contributed by atoms with Gasteiger partial charge in [0.25, 0.3) is 0 Å². The molecule has 1 aromatic carbocycles. The van der Waals surface area contributed by atoms with E-state index in [0.717, 1.165) is 38.2 Å². The summed E-state index contributed by atoms with van der Waals surface area (Å²) in [7, 11) is 1.80. The maximum absolute atomic E-state index is 8.85. The number of hydrogen-bond donors (Lipinski definition) is 0. The van der Waals surface area contributed by atoms with E-state index in [4.69, 9.17) is 14.7 Å². The van der Waals surface area contributed by atoms with Gasteiger partial charge in [0.05, 0.1) is 23.8 Å². The van der Waals surface area contributed by atoms with Crippen LogP contribution in [-0.2, 0) is 4.74 Å². The second kappa shape index (κ2) is 7.44. The lowest BCUT2D eigenvalue weighted by Gasteiger charge is -2.39. The maximum Gasteiger partial charge on any atom is 0.120 e. The highest BCUT2D eigenvalue weighted by molar-refractivity contribution is 5.36. The molecule has 0 bridgehead atoms. The summed E-state index contributed by atoms with van der Waals surface area (Å²) in [6, 6.07) is 9.43. The minimum absolute atomic E-state index is 0.000232. The van der Waals surface area contributed by atoms with E-state index in [-0.39, 0.29) is 5.60 Å². The van der Waals surface area contributed by atoms with Crippen LogP contribution in [0.1, 0.15) is 31.7 Å². The molecule has 1 aromatic rings. The number of nitrogens with zero attached hydrogens (tertiary/aromatic N) is 2. The van der Waals surface area contributed by atoms with Crippen LogP contribution in [0, 0.1) is 11.3 Å². The van der Waals surface area contributed by atoms with Crippen molar-refractivity contribution in [2.45, 2.75) is 31.8 Å². The largest absolute Gasteiger partial charge is 0.494 e. The van der Waals surface area contributed by atoms with Gasteiger partial charge < -0.3 is 14.4 Å². The van der Waals surface area contributed by atoms with Gasteiger partial charge in [-0.3, -0.25) is 0 Å². The molecule has 0 aromatic heterocycles. The Morgan fingerprint density at radius 1 is 1.43 bits per heavy atom. The minimum Gasteiger partial charge on any atom is -0.494 e. The van der Waals surface area contributed by atoms with Crippen LogP contribution in [0.5, 0.6) is 5.75 Å². The summed E-state index contributed by atoms with van der Waals surface area (Å²) in [5.41, 5.74) is 0.639. The van der Waals surface area contributed by atoms with Crippen LogP contribution in [0.15, 0.2) is 24.3 Å². The van der Waals surface area contributed by atoms with Gasteiger partial charge in [-0.1, -0.05) is 6.07 Å². The molecule has 21 heavy (non-hydrogen) atoms. The van der Waals surface area contributed by atoms with E-state index < -0.39 is 0 Å². The van der Waals surface area contributed by atoms with E-state index >= 15 is 0 Å². The zero-order chi connectivity index (χ0) is 15.1. The molecule has 0 spiro atoms. The van der Waals surface area contributed by atoms with Gasteiger partial charge in [0, 0.05) is 20.2 Å². The molecular formula is C17H24N2O2. The van der Waals surface area contributed by atoms with Crippen LogP contribution in [0.25, 0.3) is 0 Å². The number of rotatable bonds is 6. The van der Waals surface area contributed by atoms with Crippen molar-refractivity contribution in [2.75, 3.05) is 33.4 Å². The number of benzene rings is 1. The van der Waals surface area contributed by atoms with Crippen LogP contribution >= 0.6 is 0 Å². The van der Waals surface area contributed by atoms with Crippen molar-refractivity contribution < 1.29 is 9.47 Å². The summed E-state index contributed by atoms with van der Waals surface area (Å²) in [6.07, 6.45) is 3.31. The Bertz CT molecular complexity index is 498. The number of methoxy groups -OCH3 is 1. The van der Waals surface area contributed by atoms with Crippen molar-refractivity contribution in [3.63, 3.8) is 0 Å². The number of likely N-dealkylation sites (tertiary alicyclic amines) is 1. The molecule has 1 heterocycles. The normalized spacial score (nSPS) is 22.7. The van der Waals surface area contributed by atoms with Crippen molar-refractivity contribution in [3.05, 3.63) is 29.8 Å². The van der Waals surface area contributed by atoms with Crippen molar-refractivity contribution in [2.24, 2.45) is 0 Å². The Hall–Kier alpha value is -1.57. The molecule has 0 N–H and O–H groups in total. The standard InChI is InChI=1S/C17H24N2O2/c1-17(20-2)8-4-9-19(14-17)10-5-11-21-16-7-3-6-15(12-16)13-18/h3,6-7,12H,4-5,8-11,14H2,1-2H3. The first kappa shape index (κ1) is 15.8. The van der Waals surface area contributed by atoms with Gasteiger partial charge in [-0.25, -0.2) is 0 Å². The highest BCUT2D eigenvalue weighted by Gasteiger charge is 2.30. The van der Waals surface area contributed by atoms with Gasteiger partial charge in [-0.2, -0.15) is 5.26 Å². The number of nitriles is 1. The second-order valence-corrected chi connectivity index (χ2v) is 5.88. The Balaban J connectivity index is 1.71. The molecule has 2 rings (SSSR count). The molecule has 4 nitrogen and oxygen atoms in total. The third-order valence-corrected chi connectivity index (χ3v) is 4.08. The summed E-state index contributed by atoms with van der Waals surface area (Å²) in [4.78, 5) is 2.45. The number of hydrogen-bond acceptors (Lipinski definition) is 4. The van der Waals surface area contributed by atoms with Crippen LogP contribution in [0.2, 0.25) is 0 Å². The van der Waals surface area contributed by atoms with Crippen LogP contribution in [0.4, 0.5) is 0 Å². The quantitative estimate of drug-likeness (QED) is 0.755. The molecule has 1 fully saturated rings. The molecule has 1 atom stereocenters. The Labute approximate surface area is 127 Å². The minimum atomic E-state index is 0.000232. The van der Waals surface area contributed by atoms with E-state index in [2.05, 4.69) is 17.9 Å². The fourth-order valence-electron chi connectivity index (χ4n) is 2.80. The topological polar surface area (TPSA) is 45.5 Å². The first-order chi connectivity index (χ1) is 10.1. The van der Waals surface area contributed by atoms with Gasteiger partial charge in [-0.15, -0.1) is 0 Å². The van der Waals surface area contributed by atoms with Crippen molar-refractivity contribution >= 4 is 0 Å². The van der Waals surface area contributed by atoms with Crippen LogP contribution in [0.3, 0.4) is 0 Å². The highest BCUT2D eigenvalue weighted by Crippen LogP contribution is 2.23. The lowest BCUT2D eigenvalue weighted by Crippen LogP contribution is -2.47. The summed E-state index contributed by atoms with van der Waals surface area (Å²) < 4.78 is 11.3. The fourth-order valence-corrected chi connectivity index (χ4v) is 2.80. The molecule has 0 saturated carbocycles. The molecule has 1 unspecified atom stereocenters. The van der Waals surface area contributed by atoms with Crippen molar-refractivity contribution in [1.29, 1.82) is 5.26 Å². The smallest absolute Gasteiger partial charge is 0.120 e. The number of piperidine rings is 1. The van der Waals surface area contributed by atoms with Crippen molar-refractivity contribution in [1.82, 2.24) is 4.90 Å². The van der Waals surface area contributed by atoms with Gasteiger partial charge >= 0.3 is 0 Å². The van der Waals surface area contributed by atoms with E-state index in [1.54, 1.807) is 19.2 Å². The first-order valence-electron chi connectivity index (χ1n) is 7.56. The Morgan fingerprint density at radius 3 is 3.05 bits per heavy atom. The summed E-state index contributed by atoms with van der Waals surface area (Å²) in [5.74, 6) is 0.773. The Morgan fingerprint density at radius 2 is 2.29 bits per heavy atom. The first-order valence-corrected chi connectivity index (χ1v) is 7.56. The summed E-state index contributed by atoms with van der Waals surface area (Å²) in [6.45, 7) is 6.02. The predicted octanol–water partition coefficient (Wildman–Crippen LogP) is 2.83. The average molecular weight is 288 g/mol. The molecule has 1 saturated heterocycles. The summed E-state index contributed by atoms with van der Waals surface area (Å²) in [5, 5.41) is 8.85. The molecule has 0 amide bonds. The summed E-state index contributed by atoms with van der Waals surface area (Å²) >= 11 is 0. The van der Waals surface area contributed by atoms with E-state index in [0.29, 0.717) is 12.2 Å². The second-order valence-electron chi connectivity index (χ2n) is 5.88. The SMILES string of the molecule is COC1(C)CCCN(CCCOc2cccc(C#N)c2)C1. The van der Waals surface area contributed by atoms with Crippen LogP contribution in [-0.4, -0.2) is 43.9 Å². The molecule has 1 aliphatic rings.